The quantitative estimate of drug-likeness (QED) is 0.890. The van der Waals surface area contributed by atoms with E-state index in [0.717, 1.165) is 41.5 Å². The standard InChI is InChI=1S/C16H23ClN4/c1-4-13(18)16(11-9-7-8-10-12(11)17)21-15(6-3)19-14(5-2)20-21/h7-10,13,16H,4-6,18H2,1-3H3. The zero-order valence-electron chi connectivity index (χ0n) is 12.9. The number of aromatic nitrogens is 3. The van der Waals surface area contributed by atoms with Gasteiger partial charge in [-0.15, -0.1) is 0 Å². The maximum Gasteiger partial charge on any atom is 0.150 e. The van der Waals surface area contributed by atoms with E-state index in [1.54, 1.807) is 0 Å². The van der Waals surface area contributed by atoms with Crippen molar-refractivity contribution in [3.05, 3.63) is 46.5 Å². The zero-order chi connectivity index (χ0) is 15.4. The molecule has 1 heterocycles. The van der Waals surface area contributed by atoms with Crippen LogP contribution in [0.25, 0.3) is 0 Å². The highest BCUT2D eigenvalue weighted by Crippen LogP contribution is 2.29. The van der Waals surface area contributed by atoms with E-state index in [1.807, 2.05) is 28.9 Å². The lowest BCUT2D eigenvalue weighted by atomic mass is 9.98. The van der Waals surface area contributed by atoms with E-state index in [4.69, 9.17) is 17.3 Å². The third-order valence-electron chi connectivity index (χ3n) is 3.74. The molecule has 4 nitrogen and oxygen atoms in total. The minimum absolute atomic E-state index is 0.0541. The van der Waals surface area contributed by atoms with Gasteiger partial charge in [0, 0.05) is 23.9 Å². The number of nitrogens with two attached hydrogens (primary N) is 1. The van der Waals surface area contributed by atoms with Crippen molar-refractivity contribution in [1.29, 1.82) is 0 Å². The van der Waals surface area contributed by atoms with Crippen LogP contribution in [0.3, 0.4) is 0 Å². The van der Waals surface area contributed by atoms with Crippen molar-refractivity contribution >= 4 is 11.6 Å². The Bertz CT molecular complexity index is 594. The van der Waals surface area contributed by atoms with Gasteiger partial charge in [-0.3, -0.25) is 0 Å². The molecule has 1 aromatic heterocycles. The molecule has 0 amide bonds. The van der Waals surface area contributed by atoms with Crippen LogP contribution in [0.2, 0.25) is 5.02 Å². The van der Waals surface area contributed by atoms with Crippen molar-refractivity contribution in [2.45, 2.75) is 52.1 Å². The first-order chi connectivity index (χ1) is 10.1. The molecule has 0 bridgehead atoms. The van der Waals surface area contributed by atoms with E-state index in [1.165, 1.54) is 0 Å². The van der Waals surface area contributed by atoms with Crippen LogP contribution in [0.4, 0.5) is 0 Å². The average Bonchev–Trinajstić information content (AvgIpc) is 2.92. The molecule has 5 heteroatoms. The molecule has 0 aliphatic rings. The molecule has 0 saturated heterocycles. The molecule has 1 aromatic carbocycles. The summed E-state index contributed by atoms with van der Waals surface area (Å²) >= 11 is 6.39. The van der Waals surface area contributed by atoms with Crippen molar-refractivity contribution in [3.63, 3.8) is 0 Å². The molecule has 0 fully saturated rings. The molecule has 2 atom stereocenters. The molecule has 2 rings (SSSR count). The molecule has 2 aromatic rings. The van der Waals surface area contributed by atoms with Crippen molar-refractivity contribution in [2.75, 3.05) is 0 Å². The number of rotatable bonds is 6. The van der Waals surface area contributed by atoms with Gasteiger partial charge >= 0.3 is 0 Å². The molecular weight excluding hydrogens is 284 g/mol. The molecule has 21 heavy (non-hydrogen) atoms. The smallest absolute Gasteiger partial charge is 0.150 e. The lowest BCUT2D eigenvalue weighted by molar-refractivity contribution is 0.410. The summed E-state index contributed by atoms with van der Waals surface area (Å²) in [6, 6.07) is 7.71. The van der Waals surface area contributed by atoms with Crippen LogP contribution in [0.1, 0.15) is 50.4 Å². The minimum atomic E-state index is -0.0774. The highest BCUT2D eigenvalue weighted by molar-refractivity contribution is 6.31. The van der Waals surface area contributed by atoms with Crippen molar-refractivity contribution in [1.82, 2.24) is 14.8 Å². The lowest BCUT2D eigenvalue weighted by Gasteiger charge is -2.25. The van der Waals surface area contributed by atoms with Gasteiger partial charge in [-0.2, -0.15) is 5.10 Å². The number of benzene rings is 1. The fourth-order valence-corrected chi connectivity index (χ4v) is 2.75. The Morgan fingerprint density at radius 3 is 2.48 bits per heavy atom. The highest BCUT2D eigenvalue weighted by Gasteiger charge is 2.26. The number of nitrogens with zero attached hydrogens (tertiary/aromatic N) is 3. The second kappa shape index (κ2) is 7.05. The van der Waals surface area contributed by atoms with Gasteiger partial charge in [0.1, 0.15) is 5.82 Å². The van der Waals surface area contributed by atoms with E-state index in [2.05, 4.69) is 30.9 Å². The third-order valence-corrected chi connectivity index (χ3v) is 4.09. The molecule has 0 spiro atoms. The van der Waals surface area contributed by atoms with Crippen LogP contribution in [0.5, 0.6) is 0 Å². The van der Waals surface area contributed by atoms with Crippen LogP contribution in [-0.4, -0.2) is 20.8 Å². The minimum Gasteiger partial charge on any atom is -0.326 e. The molecule has 0 saturated carbocycles. The van der Waals surface area contributed by atoms with Gasteiger partial charge in [0.15, 0.2) is 5.82 Å². The monoisotopic (exact) mass is 306 g/mol. The van der Waals surface area contributed by atoms with Gasteiger partial charge in [-0.25, -0.2) is 9.67 Å². The molecule has 2 N–H and O–H groups in total. The second-order valence-corrected chi connectivity index (χ2v) is 5.54. The molecule has 114 valence electrons. The summed E-state index contributed by atoms with van der Waals surface area (Å²) < 4.78 is 1.97. The van der Waals surface area contributed by atoms with E-state index in [-0.39, 0.29) is 12.1 Å². The lowest BCUT2D eigenvalue weighted by Crippen LogP contribution is -2.34. The van der Waals surface area contributed by atoms with E-state index < -0.39 is 0 Å². The van der Waals surface area contributed by atoms with Crippen LogP contribution in [0, 0.1) is 0 Å². The van der Waals surface area contributed by atoms with Crippen molar-refractivity contribution in [2.24, 2.45) is 5.73 Å². The fraction of sp³-hybridized carbons (Fsp3) is 0.500. The van der Waals surface area contributed by atoms with Crippen LogP contribution in [0.15, 0.2) is 24.3 Å². The van der Waals surface area contributed by atoms with Gasteiger partial charge in [0.2, 0.25) is 0 Å². The van der Waals surface area contributed by atoms with Crippen LogP contribution >= 0.6 is 11.6 Å². The van der Waals surface area contributed by atoms with E-state index in [9.17, 15) is 0 Å². The second-order valence-electron chi connectivity index (χ2n) is 5.13. The summed E-state index contributed by atoms with van der Waals surface area (Å²) in [7, 11) is 0. The average molecular weight is 307 g/mol. The largest absolute Gasteiger partial charge is 0.326 e. The predicted molar refractivity (Wildman–Crippen MR) is 86.6 cm³/mol. The van der Waals surface area contributed by atoms with Crippen LogP contribution in [-0.2, 0) is 12.8 Å². The first-order valence-corrected chi connectivity index (χ1v) is 7.94. The molecule has 0 aliphatic carbocycles. The molecular formula is C16H23ClN4. The topological polar surface area (TPSA) is 56.7 Å². The fourth-order valence-electron chi connectivity index (χ4n) is 2.50. The zero-order valence-corrected chi connectivity index (χ0v) is 13.6. The predicted octanol–water partition coefficient (Wildman–Crippen LogP) is 3.38. The Morgan fingerprint density at radius 1 is 1.19 bits per heavy atom. The number of hydrogen-bond donors (Lipinski definition) is 1. The van der Waals surface area contributed by atoms with E-state index >= 15 is 0 Å². The molecule has 2 unspecified atom stereocenters. The SMILES string of the molecule is CCc1nc(CC)n(C(c2ccccc2Cl)C(N)CC)n1. The van der Waals surface area contributed by atoms with E-state index in [0.29, 0.717) is 0 Å². The van der Waals surface area contributed by atoms with Gasteiger partial charge in [-0.1, -0.05) is 50.6 Å². The molecule has 0 radical (unpaired) electrons. The Hall–Kier alpha value is -1.39. The first-order valence-electron chi connectivity index (χ1n) is 7.56. The summed E-state index contributed by atoms with van der Waals surface area (Å²) in [5.74, 6) is 1.81. The van der Waals surface area contributed by atoms with Crippen molar-refractivity contribution in [3.8, 4) is 0 Å². The van der Waals surface area contributed by atoms with Crippen LogP contribution < -0.4 is 5.73 Å². The van der Waals surface area contributed by atoms with Gasteiger partial charge in [-0.05, 0) is 18.1 Å². The number of halogens is 1. The van der Waals surface area contributed by atoms with Gasteiger partial charge < -0.3 is 5.73 Å². The normalized spacial score (nSPS) is 14.1. The maximum absolute atomic E-state index is 6.39. The third kappa shape index (κ3) is 3.27. The Balaban J connectivity index is 2.56. The Morgan fingerprint density at radius 2 is 1.90 bits per heavy atom. The Kier molecular flexibility index (Phi) is 5.37. The first kappa shape index (κ1) is 16.0. The van der Waals surface area contributed by atoms with Gasteiger partial charge in [0.05, 0.1) is 6.04 Å². The Labute approximate surface area is 131 Å². The molecule has 0 aliphatic heterocycles. The summed E-state index contributed by atoms with van der Waals surface area (Å²) in [5.41, 5.74) is 7.39. The number of aryl methyl sites for hydroxylation is 2. The van der Waals surface area contributed by atoms with Crippen molar-refractivity contribution < 1.29 is 0 Å². The summed E-state index contributed by atoms with van der Waals surface area (Å²) in [4.78, 5) is 4.59. The van der Waals surface area contributed by atoms with Gasteiger partial charge in [0.25, 0.3) is 0 Å². The number of hydrogen-bond acceptors (Lipinski definition) is 3. The summed E-state index contributed by atoms with van der Waals surface area (Å²) in [6.45, 7) is 6.22. The summed E-state index contributed by atoms with van der Waals surface area (Å²) in [5, 5.41) is 5.38. The highest BCUT2D eigenvalue weighted by atomic mass is 35.5. The summed E-state index contributed by atoms with van der Waals surface area (Å²) in [6.07, 6.45) is 2.49. The maximum atomic E-state index is 6.39.